The maximum atomic E-state index is 11.5. The lowest BCUT2D eigenvalue weighted by molar-refractivity contribution is -0.167. The Morgan fingerprint density at radius 1 is 1.71 bits per heavy atom. The van der Waals surface area contributed by atoms with Gasteiger partial charge in [-0.2, -0.15) is 0 Å². The molecule has 0 saturated heterocycles. The molecule has 3 nitrogen and oxygen atoms in total. The Bertz CT molecular complexity index is 231. The minimum absolute atomic E-state index is 0.102. The Balaban J connectivity index is 2.67. The van der Waals surface area contributed by atoms with E-state index in [0.29, 0.717) is 6.61 Å². The zero-order valence-corrected chi connectivity index (χ0v) is 8.82. The second kappa shape index (κ2) is 4.60. The van der Waals surface area contributed by atoms with Crippen molar-refractivity contribution in [3.8, 4) is 0 Å². The summed E-state index contributed by atoms with van der Waals surface area (Å²) in [6.07, 6.45) is 6.84. The van der Waals surface area contributed by atoms with Gasteiger partial charge >= 0.3 is 5.97 Å². The van der Waals surface area contributed by atoms with Crippen LogP contribution in [0.1, 0.15) is 33.1 Å². The van der Waals surface area contributed by atoms with Gasteiger partial charge in [-0.25, -0.2) is 4.79 Å². The minimum atomic E-state index is -1.37. The molecular weight excluding hydrogens is 180 g/mol. The summed E-state index contributed by atoms with van der Waals surface area (Å²) in [6, 6.07) is 0. The highest BCUT2D eigenvalue weighted by molar-refractivity contribution is 5.79. The predicted octanol–water partition coefficient (Wildman–Crippen LogP) is 1.66. The van der Waals surface area contributed by atoms with E-state index in [2.05, 4.69) is 0 Å². The van der Waals surface area contributed by atoms with Gasteiger partial charge in [-0.1, -0.05) is 12.2 Å². The molecule has 0 unspecified atom stereocenters. The molecule has 0 aromatic rings. The van der Waals surface area contributed by atoms with Crippen LogP contribution in [0.2, 0.25) is 0 Å². The Morgan fingerprint density at radius 3 is 2.93 bits per heavy atom. The summed E-state index contributed by atoms with van der Waals surface area (Å²) in [5.74, 6) is -0.619. The van der Waals surface area contributed by atoms with Crippen LogP contribution in [0.4, 0.5) is 0 Å². The lowest BCUT2D eigenvalue weighted by atomic mass is 9.82. The molecule has 1 N–H and O–H groups in total. The third-order valence-electron chi connectivity index (χ3n) is 2.67. The number of hydrogen-bond donors (Lipinski definition) is 1. The fourth-order valence-electron chi connectivity index (χ4n) is 1.71. The average Bonchev–Trinajstić information content (AvgIpc) is 2.19. The van der Waals surface area contributed by atoms with Crippen molar-refractivity contribution in [3.63, 3.8) is 0 Å². The van der Waals surface area contributed by atoms with Crippen molar-refractivity contribution in [1.29, 1.82) is 0 Å². The molecule has 0 radical (unpaired) electrons. The number of carbonyl (C=O) groups excluding carboxylic acids is 1. The van der Waals surface area contributed by atoms with Crippen LogP contribution in [0.3, 0.4) is 0 Å². The quantitative estimate of drug-likeness (QED) is 0.554. The maximum absolute atomic E-state index is 11.5. The number of allylic oxidation sites excluding steroid dienone is 1. The predicted molar refractivity (Wildman–Crippen MR) is 53.7 cm³/mol. The molecule has 2 atom stereocenters. The Kier molecular flexibility index (Phi) is 3.69. The fraction of sp³-hybridized carbons (Fsp3) is 0.727. The molecule has 14 heavy (non-hydrogen) atoms. The molecule has 1 rings (SSSR count). The molecule has 0 bridgehead atoms. The van der Waals surface area contributed by atoms with E-state index < -0.39 is 11.6 Å². The highest BCUT2D eigenvalue weighted by Crippen LogP contribution is 2.28. The second-order valence-electron chi connectivity index (χ2n) is 3.83. The Morgan fingerprint density at radius 2 is 2.43 bits per heavy atom. The molecule has 0 aromatic heterocycles. The van der Waals surface area contributed by atoms with Crippen LogP contribution < -0.4 is 0 Å². The van der Waals surface area contributed by atoms with Crippen LogP contribution in [-0.2, 0) is 9.53 Å². The summed E-state index contributed by atoms with van der Waals surface area (Å²) in [5.41, 5.74) is -1.37. The number of aliphatic hydroxyl groups is 1. The van der Waals surface area contributed by atoms with Crippen molar-refractivity contribution in [2.75, 3.05) is 6.61 Å². The van der Waals surface area contributed by atoms with Crippen molar-refractivity contribution in [2.45, 2.75) is 38.7 Å². The molecule has 3 heteroatoms. The molecule has 0 saturated carbocycles. The largest absolute Gasteiger partial charge is 0.464 e. The molecule has 0 amide bonds. The van der Waals surface area contributed by atoms with Crippen LogP contribution in [0.15, 0.2) is 12.2 Å². The van der Waals surface area contributed by atoms with Crippen molar-refractivity contribution in [1.82, 2.24) is 0 Å². The van der Waals surface area contributed by atoms with Gasteiger partial charge in [0.25, 0.3) is 0 Å². The lowest BCUT2D eigenvalue weighted by Crippen LogP contribution is -2.44. The van der Waals surface area contributed by atoms with Crippen molar-refractivity contribution < 1.29 is 14.6 Å². The van der Waals surface area contributed by atoms with E-state index in [1.165, 1.54) is 6.92 Å². The molecule has 0 fully saturated rings. The van der Waals surface area contributed by atoms with E-state index >= 15 is 0 Å². The third-order valence-corrected chi connectivity index (χ3v) is 2.67. The first-order valence-corrected chi connectivity index (χ1v) is 5.15. The fourth-order valence-corrected chi connectivity index (χ4v) is 1.71. The summed E-state index contributed by atoms with van der Waals surface area (Å²) >= 11 is 0. The van der Waals surface area contributed by atoms with Gasteiger partial charge in [0.15, 0.2) is 5.60 Å². The number of rotatable bonds is 3. The molecule has 1 aliphatic carbocycles. The monoisotopic (exact) mass is 198 g/mol. The van der Waals surface area contributed by atoms with Gasteiger partial charge in [0, 0.05) is 5.92 Å². The number of hydrogen-bond acceptors (Lipinski definition) is 3. The van der Waals surface area contributed by atoms with Gasteiger partial charge in [0.2, 0.25) is 0 Å². The molecule has 0 aliphatic heterocycles. The van der Waals surface area contributed by atoms with E-state index in [1.807, 2.05) is 12.2 Å². The van der Waals surface area contributed by atoms with E-state index in [4.69, 9.17) is 4.74 Å². The minimum Gasteiger partial charge on any atom is -0.464 e. The normalized spacial score (nSPS) is 25.5. The smallest absolute Gasteiger partial charge is 0.338 e. The van der Waals surface area contributed by atoms with Gasteiger partial charge in [-0.15, -0.1) is 0 Å². The summed E-state index contributed by atoms with van der Waals surface area (Å²) in [4.78, 5) is 11.5. The van der Waals surface area contributed by atoms with Crippen molar-refractivity contribution in [2.24, 2.45) is 5.92 Å². The molecule has 0 heterocycles. The van der Waals surface area contributed by atoms with E-state index in [9.17, 15) is 9.90 Å². The standard InChI is InChI=1S/C11H18O3/c1-3-14-10(12)11(2,13)9-7-5-4-6-8-9/h5,7,9,13H,3-4,6,8H2,1-2H3/t9-,11+/m1/s1. The lowest BCUT2D eigenvalue weighted by Gasteiger charge is -2.30. The number of esters is 1. The first-order valence-electron chi connectivity index (χ1n) is 5.15. The van der Waals surface area contributed by atoms with E-state index in [1.54, 1.807) is 6.92 Å². The van der Waals surface area contributed by atoms with Crippen LogP contribution >= 0.6 is 0 Å². The van der Waals surface area contributed by atoms with Crippen LogP contribution in [-0.4, -0.2) is 23.3 Å². The molecule has 80 valence electrons. The highest BCUT2D eigenvalue weighted by Gasteiger charge is 2.39. The molecule has 0 aromatic carbocycles. The molecule has 0 spiro atoms. The number of carbonyl (C=O) groups is 1. The first-order chi connectivity index (χ1) is 6.59. The van der Waals surface area contributed by atoms with Gasteiger partial charge < -0.3 is 9.84 Å². The van der Waals surface area contributed by atoms with Gasteiger partial charge in [-0.3, -0.25) is 0 Å². The second-order valence-corrected chi connectivity index (χ2v) is 3.83. The summed E-state index contributed by atoms with van der Waals surface area (Å²) in [5, 5.41) is 10.0. The SMILES string of the molecule is CCOC(=O)[C@@](C)(O)[C@@H]1C=CCCC1. The zero-order chi connectivity index (χ0) is 10.6. The summed E-state index contributed by atoms with van der Waals surface area (Å²) in [7, 11) is 0. The van der Waals surface area contributed by atoms with Gasteiger partial charge in [-0.05, 0) is 33.1 Å². The van der Waals surface area contributed by atoms with E-state index in [0.717, 1.165) is 19.3 Å². The van der Waals surface area contributed by atoms with Crippen LogP contribution in [0, 0.1) is 5.92 Å². The van der Waals surface area contributed by atoms with Crippen molar-refractivity contribution in [3.05, 3.63) is 12.2 Å². The van der Waals surface area contributed by atoms with Gasteiger partial charge in [0.1, 0.15) is 0 Å². The average molecular weight is 198 g/mol. The van der Waals surface area contributed by atoms with Gasteiger partial charge in [0.05, 0.1) is 6.61 Å². The first kappa shape index (κ1) is 11.2. The molecular formula is C11H18O3. The van der Waals surface area contributed by atoms with Crippen LogP contribution in [0.5, 0.6) is 0 Å². The highest BCUT2D eigenvalue weighted by atomic mass is 16.5. The Hall–Kier alpha value is -0.830. The maximum Gasteiger partial charge on any atom is 0.338 e. The van der Waals surface area contributed by atoms with E-state index in [-0.39, 0.29) is 5.92 Å². The Labute approximate surface area is 84.8 Å². The summed E-state index contributed by atoms with van der Waals surface area (Å²) in [6.45, 7) is 3.58. The van der Waals surface area contributed by atoms with Crippen LogP contribution in [0.25, 0.3) is 0 Å². The third kappa shape index (κ3) is 2.35. The molecule has 1 aliphatic rings. The number of ether oxygens (including phenoxy) is 1. The topological polar surface area (TPSA) is 46.5 Å². The zero-order valence-electron chi connectivity index (χ0n) is 8.82. The summed E-state index contributed by atoms with van der Waals surface area (Å²) < 4.78 is 4.84. The van der Waals surface area contributed by atoms with Crippen molar-refractivity contribution >= 4 is 5.97 Å².